The molecule has 1 atom stereocenters. The number of carbonyl (C=O) groups excluding carboxylic acids is 1. The van der Waals surface area contributed by atoms with E-state index in [4.69, 9.17) is 5.73 Å². The number of benzene rings is 1. The normalized spacial score (nSPS) is 13.5. The highest BCUT2D eigenvalue weighted by Gasteiger charge is 2.33. The zero-order valence-corrected chi connectivity index (χ0v) is 8.88. The minimum absolute atomic E-state index is 0.182. The van der Waals surface area contributed by atoms with E-state index in [0.29, 0.717) is 6.07 Å². The molecule has 0 saturated carbocycles. The van der Waals surface area contributed by atoms with Gasteiger partial charge in [0.15, 0.2) is 0 Å². The van der Waals surface area contributed by atoms with Crippen molar-refractivity contribution in [2.24, 2.45) is 11.7 Å². The summed E-state index contributed by atoms with van der Waals surface area (Å²) in [6.45, 7) is 1.47. The van der Waals surface area contributed by atoms with Crippen LogP contribution >= 0.6 is 0 Å². The lowest BCUT2D eigenvalue weighted by molar-refractivity contribution is -0.140. The van der Waals surface area contributed by atoms with Crippen LogP contribution in [0.15, 0.2) is 18.2 Å². The average molecular weight is 248 g/mol. The van der Waals surface area contributed by atoms with Gasteiger partial charge in [-0.2, -0.15) is 13.2 Å². The quantitative estimate of drug-likeness (QED) is 0.820. The van der Waals surface area contributed by atoms with Crippen LogP contribution in [0.5, 0.6) is 0 Å². The smallest absolute Gasteiger partial charge is 0.369 e. The lowest BCUT2D eigenvalue weighted by Crippen LogP contribution is -2.21. The highest BCUT2D eigenvalue weighted by molar-refractivity contribution is 5.78. The second-order valence-corrected chi connectivity index (χ2v) is 3.59. The van der Waals surface area contributed by atoms with Crippen LogP contribution in [-0.4, -0.2) is 5.91 Å². The van der Waals surface area contributed by atoms with Crippen molar-refractivity contribution in [3.05, 3.63) is 41.6 Å². The van der Waals surface area contributed by atoms with E-state index in [1.54, 1.807) is 0 Å². The number of halogens is 4. The fraction of sp³-hybridized carbons (Fsp3) is 0.273. The molecule has 1 aromatic rings. The van der Waals surface area contributed by atoms with Crippen LogP contribution in [0.4, 0.5) is 17.6 Å². The van der Waals surface area contributed by atoms with Gasteiger partial charge >= 0.3 is 6.18 Å². The van der Waals surface area contributed by atoms with Crippen LogP contribution in [0.1, 0.15) is 18.1 Å². The standard InChI is InChI=1S/C11H10F4NO/c1-6(10(16)17)4-7-2-3-8(9(12)5-7)11(13,14)15/h2-6H,1H3,(H2,16,17)/t6-/m1/s1. The summed E-state index contributed by atoms with van der Waals surface area (Å²) in [5.74, 6) is -2.68. The van der Waals surface area contributed by atoms with Crippen molar-refractivity contribution >= 4 is 5.91 Å². The molecule has 2 N–H and O–H groups in total. The molecule has 2 nitrogen and oxygen atoms in total. The Hall–Kier alpha value is -1.59. The van der Waals surface area contributed by atoms with Crippen LogP contribution < -0.4 is 5.73 Å². The molecular formula is C11H10F4NO. The number of rotatable bonds is 3. The van der Waals surface area contributed by atoms with Crippen LogP contribution in [0.2, 0.25) is 0 Å². The molecule has 1 amide bonds. The largest absolute Gasteiger partial charge is 0.419 e. The van der Waals surface area contributed by atoms with Gasteiger partial charge in [-0.05, 0) is 17.7 Å². The van der Waals surface area contributed by atoms with E-state index in [-0.39, 0.29) is 5.56 Å². The summed E-state index contributed by atoms with van der Waals surface area (Å²) in [6.07, 6.45) is -3.43. The first-order valence-electron chi connectivity index (χ1n) is 4.72. The highest BCUT2D eigenvalue weighted by Crippen LogP contribution is 2.32. The zero-order valence-electron chi connectivity index (χ0n) is 8.88. The molecule has 1 rings (SSSR count). The number of nitrogens with two attached hydrogens (primary N) is 1. The molecule has 93 valence electrons. The van der Waals surface area contributed by atoms with E-state index < -0.39 is 29.4 Å². The van der Waals surface area contributed by atoms with Crippen molar-refractivity contribution in [2.75, 3.05) is 0 Å². The fourth-order valence-corrected chi connectivity index (χ4v) is 1.24. The van der Waals surface area contributed by atoms with E-state index in [1.807, 2.05) is 0 Å². The third kappa shape index (κ3) is 3.44. The maximum Gasteiger partial charge on any atom is 0.419 e. The molecule has 17 heavy (non-hydrogen) atoms. The topological polar surface area (TPSA) is 43.1 Å². The average Bonchev–Trinajstić information content (AvgIpc) is 2.15. The summed E-state index contributed by atoms with van der Waals surface area (Å²) in [5.41, 5.74) is 3.83. The fourth-order valence-electron chi connectivity index (χ4n) is 1.24. The monoisotopic (exact) mass is 248 g/mol. The second kappa shape index (κ2) is 4.73. The van der Waals surface area contributed by atoms with Gasteiger partial charge in [-0.1, -0.05) is 13.0 Å². The molecule has 0 aromatic heterocycles. The molecule has 0 fully saturated rings. The number of hydrogen-bond acceptors (Lipinski definition) is 1. The lowest BCUT2D eigenvalue weighted by Gasteiger charge is -2.10. The van der Waals surface area contributed by atoms with Gasteiger partial charge in [0.05, 0.1) is 5.56 Å². The van der Waals surface area contributed by atoms with Crippen LogP contribution in [0, 0.1) is 18.2 Å². The van der Waals surface area contributed by atoms with Gasteiger partial charge in [0.25, 0.3) is 0 Å². The predicted octanol–water partition coefficient (Wildman–Crippen LogP) is 2.52. The zero-order chi connectivity index (χ0) is 13.2. The summed E-state index contributed by atoms with van der Waals surface area (Å²) in [6, 6.07) is 2.45. The molecular weight excluding hydrogens is 238 g/mol. The molecule has 1 radical (unpaired) electrons. The van der Waals surface area contributed by atoms with Gasteiger partial charge in [0, 0.05) is 12.3 Å². The first-order chi connectivity index (χ1) is 7.71. The molecule has 0 bridgehead atoms. The Bertz CT molecular complexity index is 428. The second-order valence-electron chi connectivity index (χ2n) is 3.59. The minimum Gasteiger partial charge on any atom is -0.369 e. The first kappa shape index (κ1) is 13.5. The predicted molar refractivity (Wildman–Crippen MR) is 53.2 cm³/mol. The van der Waals surface area contributed by atoms with Crippen molar-refractivity contribution in [3.8, 4) is 0 Å². The Balaban J connectivity index is 2.94. The highest BCUT2D eigenvalue weighted by atomic mass is 19.4. The number of hydrogen-bond donors (Lipinski definition) is 1. The molecule has 0 aliphatic carbocycles. The molecule has 0 saturated heterocycles. The van der Waals surface area contributed by atoms with Crippen molar-refractivity contribution in [3.63, 3.8) is 0 Å². The third-order valence-corrected chi connectivity index (χ3v) is 2.19. The maximum atomic E-state index is 13.1. The maximum absolute atomic E-state index is 13.1. The van der Waals surface area contributed by atoms with E-state index in [9.17, 15) is 22.4 Å². The minimum atomic E-state index is -4.72. The van der Waals surface area contributed by atoms with E-state index >= 15 is 0 Å². The number of carbonyl (C=O) groups is 1. The summed E-state index contributed by atoms with van der Waals surface area (Å²) in [7, 11) is 0. The Kier molecular flexibility index (Phi) is 3.75. The summed E-state index contributed by atoms with van der Waals surface area (Å²) >= 11 is 0. The Labute approximate surface area is 95.4 Å². The van der Waals surface area contributed by atoms with Crippen molar-refractivity contribution in [1.29, 1.82) is 0 Å². The van der Waals surface area contributed by atoms with Crippen LogP contribution in [0.3, 0.4) is 0 Å². The van der Waals surface area contributed by atoms with Gasteiger partial charge < -0.3 is 5.73 Å². The Morgan fingerprint density at radius 1 is 1.41 bits per heavy atom. The van der Waals surface area contributed by atoms with Crippen LogP contribution in [-0.2, 0) is 11.0 Å². The molecule has 0 aliphatic heterocycles. The van der Waals surface area contributed by atoms with Gasteiger partial charge in [0.1, 0.15) is 5.82 Å². The third-order valence-electron chi connectivity index (χ3n) is 2.19. The van der Waals surface area contributed by atoms with Crippen molar-refractivity contribution in [2.45, 2.75) is 13.1 Å². The van der Waals surface area contributed by atoms with Gasteiger partial charge in [0.2, 0.25) is 5.91 Å². The van der Waals surface area contributed by atoms with Gasteiger partial charge in [-0.15, -0.1) is 0 Å². The Morgan fingerprint density at radius 2 is 2.00 bits per heavy atom. The molecule has 0 aliphatic rings. The summed E-state index contributed by atoms with van der Waals surface area (Å²) in [5, 5.41) is 0. The SMILES string of the molecule is C[C@H]([CH]c1ccc(C(F)(F)F)c(F)c1)C(N)=O. The number of amides is 1. The first-order valence-corrected chi connectivity index (χ1v) is 4.72. The van der Waals surface area contributed by atoms with E-state index in [2.05, 4.69) is 0 Å². The number of alkyl halides is 3. The number of primary amides is 1. The summed E-state index contributed by atoms with van der Waals surface area (Å²) < 4.78 is 49.9. The molecule has 0 heterocycles. The van der Waals surface area contributed by atoms with Crippen LogP contribution in [0.25, 0.3) is 0 Å². The molecule has 0 spiro atoms. The summed E-state index contributed by atoms with van der Waals surface area (Å²) in [4.78, 5) is 10.7. The van der Waals surface area contributed by atoms with E-state index in [1.165, 1.54) is 13.3 Å². The van der Waals surface area contributed by atoms with E-state index in [0.717, 1.165) is 12.1 Å². The molecule has 6 heteroatoms. The van der Waals surface area contributed by atoms with Crippen molar-refractivity contribution in [1.82, 2.24) is 0 Å². The molecule has 0 unspecified atom stereocenters. The van der Waals surface area contributed by atoms with Crippen molar-refractivity contribution < 1.29 is 22.4 Å². The molecule has 1 aromatic carbocycles. The lowest BCUT2D eigenvalue weighted by atomic mass is 9.99. The Morgan fingerprint density at radius 3 is 2.41 bits per heavy atom. The van der Waals surface area contributed by atoms with Gasteiger partial charge in [-0.25, -0.2) is 4.39 Å². The van der Waals surface area contributed by atoms with Gasteiger partial charge in [-0.3, -0.25) is 4.79 Å².